The Labute approximate surface area is 129 Å². The van der Waals surface area contributed by atoms with Crippen molar-refractivity contribution < 1.29 is 4.79 Å². The molecule has 3 aromatic rings. The number of carbonyl (C=O) groups excluding carboxylic acids is 1. The minimum absolute atomic E-state index is 0.0642. The average Bonchev–Trinajstić information content (AvgIpc) is 2.96. The van der Waals surface area contributed by atoms with Crippen molar-refractivity contribution in [3.63, 3.8) is 0 Å². The van der Waals surface area contributed by atoms with E-state index in [1.54, 1.807) is 0 Å². The second-order valence-corrected chi connectivity index (χ2v) is 5.28. The zero-order valence-corrected chi connectivity index (χ0v) is 12.3. The number of nitrogens with one attached hydrogen (secondary N) is 2. The van der Waals surface area contributed by atoms with Crippen LogP contribution in [0.1, 0.15) is 21.5 Å². The van der Waals surface area contributed by atoms with E-state index in [1.807, 2.05) is 54.7 Å². The number of aromatic nitrogens is 1. The molecule has 1 aromatic heterocycles. The van der Waals surface area contributed by atoms with Gasteiger partial charge in [-0.25, -0.2) is 0 Å². The Morgan fingerprint density at radius 3 is 2.73 bits per heavy atom. The number of aromatic amines is 1. The molecule has 0 radical (unpaired) electrons. The zero-order valence-electron chi connectivity index (χ0n) is 12.3. The highest BCUT2D eigenvalue weighted by Crippen LogP contribution is 2.20. The molecule has 0 atom stereocenters. The lowest BCUT2D eigenvalue weighted by atomic mass is 10.1. The van der Waals surface area contributed by atoms with Gasteiger partial charge in [0.05, 0.1) is 0 Å². The predicted octanol–water partition coefficient (Wildman–Crippen LogP) is 2.60. The lowest BCUT2D eigenvalue weighted by molar-refractivity contribution is 0.0951. The maximum absolute atomic E-state index is 12.3. The molecule has 0 saturated heterocycles. The molecule has 4 N–H and O–H groups in total. The van der Waals surface area contributed by atoms with Gasteiger partial charge in [-0.15, -0.1) is 0 Å². The van der Waals surface area contributed by atoms with Crippen molar-refractivity contribution in [2.24, 2.45) is 5.73 Å². The maximum atomic E-state index is 12.3. The minimum Gasteiger partial charge on any atom is -0.361 e. The number of benzene rings is 2. The van der Waals surface area contributed by atoms with E-state index in [0.717, 1.165) is 28.5 Å². The van der Waals surface area contributed by atoms with Gasteiger partial charge >= 0.3 is 0 Å². The number of nitrogens with two attached hydrogens (primary N) is 1. The molecule has 0 unspecified atom stereocenters. The van der Waals surface area contributed by atoms with Gasteiger partial charge in [0.15, 0.2) is 0 Å². The average molecular weight is 293 g/mol. The van der Waals surface area contributed by atoms with E-state index in [1.165, 1.54) is 0 Å². The monoisotopic (exact) mass is 293 g/mol. The highest BCUT2D eigenvalue weighted by molar-refractivity contribution is 5.98. The quantitative estimate of drug-likeness (QED) is 0.676. The van der Waals surface area contributed by atoms with Gasteiger partial charge < -0.3 is 16.0 Å². The Bertz CT molecular complexity index is 777. The van der Waals surface area contributed by atoms with E-state index < -0.39 is 0 Å². The van der Waals surface area contributed by atoms with Crippen molar-refractivity contribution in [1.29, 1.82) is 0 Å². The Hall–Kier alpha value is -2.59. The summed E-state index contributed by atoms with van der Waals surface area (Å²) >= 11 is 0. The summed E-state index contributed by atoms with van der Waals surface area (Å²) < 4.78 is 0. The van der Waals surface area contributed by atoms with Crippen molar-refractivity contribution in [3.8, 4) is 0 Å². The second-order valence-electron chi connectivity index (χ2n) is 5.28. The Balaban J connectivity index is 1.77. The summed E-state index contributed by atoms with van der Waals surface area (Å²) in [5.74, 6) is -0.0642. The molecule has 0 aliphatic heterocycles. The van der Waals surface area contributed by atoms with Gasteiger partial charge in [-0.3, -0.25) is 4.79 Å². The molecule has 3 rings (SSSR count). The van der Waals surface area contributed by atoms with Gasteiger partial charge in [-0.05, 0) is 42.3 Å². The standard InChI is InChI=1S/C18H19N3O/c19-9-8-15-12-20-17-7-6-14(10-16(15)17)18(22)21-11-13-4-2-1-3-5-13/h1-7,10,12,20H,8-9,11,19H2,(H,21,22). The molecule has 0 aliphatic carbocycles. The van der Waals surface area contributed by atoms with Gasteiger partial charge in [0.25, 0.3) is 5.91 Å². The molecule has 2 aromatic carbocycles. The number of hydrogen-bond acceptors (Lipinski definition) is 2. The second kappa shape index (κ2) is 6.45. The van der Waals surface area contributed by atoms with Gasteiger partial charge in [0.1, 0.15) is 0 Å². The molecule has 0 spiro atoms. The third kappa shape index (κ3) is 3.02. The number of fused-ring (bicyclic) bond motifs is 1. The summed E-state index contributed by atoms with van der Waals surface area (Å²) in [5, 5.41) is 4.02. The fraction of sp³-hybridized carbons (Fsp3) is 0.167. The van der Waals surface area contributed by atoms with Crippen LogP contribution in [0.3, 0.4) is 0 Å². The number of rotatable bonds is 5. The lowest BCUT2D eigenvalue weighted by Gasteiger charge is -2.06. The van der Waals surface area contributed by atoms with Crippen LogP contribution in [0.15, 0.2) is 54.7 Å². The van der Waals surface area contributed by atoms with Crippen LogP contribution in [0.2, 0.25) is 0 Å². The third-order valence-electron chi connectivity index (χ3n) is 3.74. The molecule has 0 fully saturated rings. The fourth-order valence-corrected chi connectivity index (χ4v) is 2.56. The van der Waals surface area contributed by atoms with E-state index in [9.17, 15) is 4.79 Å². The first kappa shape index (κ1) is 14.4. The van der Waals surface area contributed by atoms with Crippen LogP contribution in [0, 0.1) is 0 Å². The topological polar surface area (TPSA) is 70.9 Å². The molecule has 1 heterocycles. The maximum Gasteiger partial charge on any atom is 0.251 e. The highest BCUT2D eigenvalue weighted by atomic mass is 16.1. The molecule has 4 nitrogen and oxygen atoms in total. The van der Waals surface area contributed by atoms with Gasteiger partial charge in [0.2, 0.25) is 0 Å². The normalized spacial score (nSPS) is 10.8. The van der Waals surface area contributed by atoms with E-state index in [0.29, 0.717) is 18.7 Å². The first-order chi connectivity index (χ1) is 10.8. The smallest absolute Gasteiger partial charge is 0.251 e. The van der Waals surface area contributed by atoms with Gasteiger partial charge in [0, 0.05) is 29.2 Å². The van der Waals surface area contributed by atoms with Crippen molar-refractivity contribution in [1.82, 2.24) is 10.3 Å². The van der Waals surface area contributed by atoms with E-state index in [-0.39, 0.29) is 5.91 Å². The van der Waals surface area contributed by atoms with E-state index in [2.05, 4.69) is 10.3 Å². The highest BCUT2D eigenvalue weighted by Gasteiger charge is 2.09. The first-order valence-electron chi connectivity index (χ1n) is 7.40. The van der Waals surface area contributed by atoms with E-state index in [4.69, 9.17) is 5.73 Å². The predicted molar refractivity (Wildman–Crippen MR) is 88.7 cm³/mol. The van der Waals surface area contributed by atoms with Crippen LogP contribution >= 0.6 is 0 Å². The fourth-order valence-electron chi connectivity index (χ4n) is 2.56. The Morgan fingerprint density at radius 1 is 1.14 bits per heavy atom. The van der Waals surface area contributed by atoms with Crippen LogP contribution < -0.4 is 11.1 Å². The minimum atomic E-state index is -0.0642. The van der Waals surface area contributed by atoms with E-state index >= 15 is 0 Å². The summed E-state index contributed by atoms with van der Waals surface area (Å²) in [6, 6.07) is 15.6. The van der Waals surface area contributed by atoms with Crippen LogP contribution in [0.25, 0.3) is 10.9 Å². The van der Waals surface area contributed by atoms with Crippen LogP contribution in [0.4, 0.5) is 0 Å². The first-order valence-corrected chi connectivity index (χ1v) is 7.40. The zero-order chi connectivity index (χ0) is 15.4. The van der Waals surface area contributed by atoms with Gasteiger partial charge in [-0.1, -0.05) is 30.3 Å². The summed E-state index contributed by atoms with van der Waals surface area (Å²) in [4.78, 5) is 15.5. The summed E-state index contributed by atoms with van der Waals surface area (Å²) in [6.45, 7) is 1.12. The molecular weight excluding hydrogens is 274 g/mol. The molecule has 22 heavy (non-hydrogen) atoms. The molecule has 0 aliphatic rings. The van der Waals surface area contributed by atoms with Crippen LogP contribution in [0.5, 0.6) is 0 Å². The molecule has 0 saturated carbocycles. The molecule has 1 amide bonds. The van der Waals surface area contributed by atoms with Crippen molar-refractivity contribution in [2.45, 2.75) is 13.0 Å². The summed E-state index contributed by atoms with van der Waals surface area (Å²) in [5.41, 5.74) is 9.56. The molecule has 0 bridgehead atoms. The lowest BCUT2D eigenvalue weighted by Crippen LogP contribution is -2.22. The molecule has 112 valence electrons. The number of hydrogen-bond donors (Lipinski definition) is 3. The SMILES string of the molecule is NCCc1c[nH]c2ccc(C(=O)NCc3ccccc3)cc12. The van der Waals surface area contributed by atoms with Crippen molar-refractivity contribution in [2.75, 3.05) is 6.54 Å². The molecular formula is C18H19N3O. The Morgan fingerprint density at radius 2 is 1.95 bits per heavy atom. The molecule has 4 heteroatoms. The number of amides is 1. The van der Waals surface area contributed by atoms with Crippen LogP contribution in [-0.4, -0.2) is 17.4 Å². The Kier molecular flexibility index (Phi) is 4.21. The summed E-state index contributed by atoms with van der Waals surface area (Å²) in [7, 11) is 0. The third-order valence-corrected chi connectivity index (χ3v) is 3.74. The number of carbonyl (C=O) groups is 1. The van der Waals surface area contributed by atoms with Gasteiger partial charge in [-0.2, -0.15) is 0 Å². The summed E-state index contributed by atoms with van der Waals surface area (Å²) in [6.07, 6.45) is 2.76. The number of H-pyrrole nitrogens is 1. The van der Waals surface area contributed by atoms with Crippen LogP contribution in [-0.2, 0) is 13.0 Å². The largest absolute Gasteiger partial charge is 0.361 e. The van der Waals surface area contributed by atoms with Crippen molar-refractivity contribution in [3.05, 3.63) is 71.4 Å². The van der Waals surface area contributed by atoms with Crippen molar-refractivity contribution >= 4 is 16.8 Å².